The molecule has 2 heteroatoms. The van der Waals surface area contributed by atoms with Crippen molar-refractivity contribution in [3.8, 4) is 0 Å². The van der Waals surface area contributed by atoms with E-state index in [4.69, 9.17) is 4.74 Å². The fourth-order valence-corrected chi connectivity index (χ4v) is 1.89. The van der Waals surface area contributed by atoms with Gasteiger partial charge in [0.25, 0.3) is 0 Å². The Bertz CT molecular complexity index is 159. The number of rotatable bonds is 8. The molecular formula is C14H31NO. The lowest BCUT2D eigenvalue weighted by Crippen LogP contribution is -2.42. The van der Waals surface area contributed by atoms with Crippen molar-refractivity contribution in [2.24, 2.45) is 5.92 Å². The van der Waals surface area contributed by atoms with Crippen molar-refractivity contribution in [1.82, 2.24) is 5.32 Å². The minimum absolute atomic E-state index is 0.0296. The second-order valence-corrected chi connectivity index (χ2v) is 5.56. The molecule has 0 amide bonds. The fraction of sp³-hybridized carbons (Fsp3) is 1.00. The van der Waals surface area contributed by atoms with Gasteiger partial charge >= 0.3 is 0 Å². The summed E-state index contributed by atoms with van der Waals surface area (Å²) in [6, 6.07) is 0.508. The highest BCUT2D eigenvalue weighted by Crippen LogP contribution is 2.16. The molecule has 0 saturated carbocycles. The Morgan fingerprint density at radius 1 is 1.06 bits per heavy atom. The molecule has 0 saturated heterocycles. The van der Waals surface area contributed by atoms with Crippen LogP contribution in [0.5, 0.6) is 0 Å². The maximum Gasteiger partial charge on any atom is 0.0629 e. The molecule has 0 aromatic rings. The molecule has 0 aliphatic heterocycles. The number of hydrogen-bond acceptors (Lipinski definition) is 2. The van der Waals surface area contributed by atoms with Crippen molar-refractivity contribution in [1.29, 1.82) is 0 Å². The summed E-state index contributed by atoms with van der Waals surface area (Å²) in [5.74, 6) is 0.730. The zero-order valence-corrected chi connectivity index (χ0v) is 12.1. The largest absolute Gasteiger partial charge is 0.374 e. The molecule has 1 unspecified atom stereocenters. The van der Waals surface area contributed by atoms with E-state index in [1.807, 2.05) is 0 Å². The van der Waals surface area contributed by atoms with Crippen molar-refractivity contribution in [2.45, 2.75) is 72.4 Å². The van der Waals surface area contributed by atoms with Crippen molar-refractivity contribution < 1.29 is 4.74 Å². The summed E-state index contributed by atoms with van der Waals surface area (Å²) >= 11 is 0. The second-order valence-electron chi connectivity index (χ2n) is 5.56. The van der Waals surface area contributed by atoms with Crippen LogP contribution in [0.1, 0.15) is 60.8 Å². The van der Waals surface area contributed by atoms with E-state index in [2.05, 4.69) is 46.9 Å². The van der Waals surface area contributed by atoms with Crippen LogP contribution in [-0.2, 0) is 4.74 Å². The third kappa shape index (κ3) is 7.24. The van der Waals surface area contributed by atoms with Gasteiger partial charge in [-0.15, -0.1) is 0 Å². The van der Waals surface area contributed by atoms with Crippen LogP contribution >= 0.6 is 0 Å². The third-order valence-electron chi connectivity index (χ3n) is 2.97. The summed E-state index contributed by atoms with van der Waals surface area (Å²) in [5, 5.41) is 3.62. The van der Waals surface area contributed by atoms with Gasteiger partial charge in [0.1, 0.15) is 0 Å². The molecule has 0 radical (unpaired) electrons. The molecule has 0 aliphatic carbocycles. The summed E-state index contributed by atoms with van der Waals surface area (Å²) < 4.78 is 5.91. The highest BCUT2D eigenvalue weighted by Gasteiger charge is 2.20. The summed E-state index contributed by atoms with van der Waals surface area (Å²) in [6.45, 7) is 15.0. The molecular weight excluding hydrogens is 198 g/mol. The summed E-state index contributed by atoms with van der Waals surface area (Å²) in [7, 11) is 0. The molecule has 0 bridgehead atoms. The molecule has 2 nitrogen and oxygen atoms in total. The lowest BCUT2D eigenvalue weighted by Gasteiger charge is -2.30. The van der Waals surface area contributed by atoms with E-state index in [9.17, 15) is 0 Å². The molecule has 0 spiro atoms. The zero-order chi connectivity index (χ0) is 12.6. The van der Waals surface area contributed by atoms with Gasteiger partial charge in [-0.1, -0.05) is 33.6 Å². The van der Waals surface area contributed by atoms with Crippen LogP contribution in [0.4, 0.5) is 0 Å². The monoisotopic (exact) mass is 229 g/mol. The van der Waals surface area contributed by atoms with Gasteiger partial charge in [-0.05, 0) is 39.7 Å². The summed E-state index contributed by atoms with van der Waals surface area (Å²) in [4.78, 5) is 0. The van der Waals surface area contributed by atoms with Crippen LogP contribution in [0.25, 0.3) is 0 Å². The van der Waals surface area contributed by atoms with Crippen LogP contribution in [0.2, 0.25) is 0 Å². The van der Waals surface area contributed by atoms with Gasteiger partial charge in [-0.25, -0.2) is 0 Å². The molecule has 1 N–H and O–H groups in total. The SMILES string of the molecule is CCCNC(COC(C)(C)C)C(CC)CC. The molecule has 0 rings (SSSR count). The molecule has 1 atom stereocenters. The minimum Gasteiger partial charge on any atom is -0.374 e. The first-order chi connectivity index (χ1) is 7.44. The van der Waals surface area contributed by atoms with Crippen molar-refractivity contribution in [3.63, 3.8) is 0 Å². The maximum atomic E-state index is 5.91. The lowest BCUT2D eigenvalue weighted by molar-refractivity contribution is -0.0227. The molecule has 0 heterocycles. The van der Waals surface area contributed by atoms with Gasteiger partial charge in [0.15, 0.2) is 0 Å². The van der Waals surface area contributed by atoms with E-state index in [0.29, 0.717) is 6.04 Å². The molecule has 0 aromatic carbocycles. The average Bonchev–Trinajstić information content (AvgIpc) is 2.21. The zero-order valence-electron chi connectivity index (χ0n) is 12.1. The van der Waals surface area contributed by atoms with E-state index in [1.54, 1.807) is 0 Å². The van der Waals surface area contributed by atoms with E-state index in [-0.39, 0.29) is 5.60 Å². The predicted octanol–water partition coefficient (Wildman–Crippen LogP) is 3.61. The van der Waals surface area contributed by atoms with Gasteiger partial charge in [0.05, 0.1) is 12.2 Å². The maximum absolute atomic E-state index is 5.91. The number of ether oxygens (including phenoxy) is 1. The number of nitrogens with one attached hydrogen (secondary N) is 1. The van der Waals surface area contributed by atoms with E-state index < -0.39 is 0 Å². The second kappa shape index (κ2) is 8.08. The lowest BCUT2D eigenvalue weighted by atomic mass is 9.94. The van der Waals surface area contributed by atoms with Crippen molar-refractivity contribution in [2.75, 3.05) is 13.2 Å². The highest BCUT2D eigenvalue weighted by atomic mass is 16.5. The standard InChI is InChI=1S/C14H31NO/c1-7-10-15-13(12(8-2)9-3)11-16-14(4,5)6/h12-13,15H,7-11H2,1-6H3. The minimum atomic E-state index is -0.0296. The topological polar surface area (TPSA) is 21.3 Å². The summed E-state index contributed by atoms with van der Waals surface area (Å²) in [5.41, 5.74) is -0.0296. The van der Waals surface area contributed by atoms with Crippen LogP contribution in [-0.4, -0.2) is 24.8 Å². The normalized spacial score (nSPS) is 14.4. The van der Waals surface area contributed by atoms with E-state index in [0.717, 1.165) is 19.1 Å². The Morgan fingerprint density at radius 2 is 1.62 bits per heavy atom. The molecule has 0 aromatic heterocycles. The third-order valence-corrected chi connectivity index (χ3v) is 2.97. The van der Waals surface area contributed by atoms with E-state index in [1.165, 1.54) is 19.3 Å². The Balaban J connectivity index is 4.18. The summed E-state index contributed by atoms with van der Waals surface area (Å²) in [6.07, 6.45) is 3.64. The van der Waals surface area contributed by atoms with Crippen LogP contribution in [0, 0.1) is 5.92 Å². The van der Waals surface area contributed by atoms with Crippen LogP contribution in [0.15, 0.2) is 0 Å². The molecule has 0 fully saturated rings. The highest BCUT2D eigenvalue weighted by molar-refractivity contribution is 4.76. The molecule has 16 heavy (non-hydrogen) atoms. The van der Waals surface area contributed by atoms with E-state index >= 15 is 0 Å². The first-order valence-corrected chi connectivity index (χ1v) is 6.81. The van der Waals surface area contributed by atoms with Gasteiger partial charge < -0.3 is 10.1 Å². The average molecular weight is 229 g/mol. The van der Waals surface area contributed by atoms with Crippen molar-refractivity contribution >= 4 is 0 Å². The van der Waals surface area contributed by atoms with Crippen LogP contribution < -0.4 is 5.32 Å². The quantitative estimate of drug-likeness (QED) is 0.686. The molecule has 0 aliphatic rings. The Hall–Kier alpha value is -0.0800. The molecule has 98 valence electrons. The Morgan fingerprint density at radius 3 is 2.00 bits per heavy atom. The van der Waals surface area contributed by atoms with Gasteiger partial charge in [-0.3, -0.25) is 0 Å². The van der Waals surface area contributed by atoms with Gasteiger partial charge in [0, 0.05) is 6.04 Å². The smallest absolute Gasteiger partial charge is 0.0629 e. The van der Waals surface area contributed by atoms with Crippen LogP contribution in [0.3, 0.4) is 0 Å². The first kappa shape index (κ1) is 15.9. The predicted molar refractivity (Wildman–Crippen MR) is 71.9 cm³/mol. The van der Waals surface area contributed by atoms with Gasteiger partial charge in [0.2, 0.25) is 0 Å². The first-order valence-electron chi connectivity index (χ1n) is 6.81. The van der Waals surface area contributed by atoms with Crippen molar-refractivity contribution in [3.05, 3.63) is 0 Å². The Kier molecular flexibility index (Phi) is 8.04. The number of hydrogen-bond donors (Lipinski definition) is 1. The van der Waals surface area contributed by atoms with Gasteiger partial charge in [-0.2, -0.15) is 0 Å². The fourth-order valence-electron chi connectivity index (χ4n) is 1.89. The Labute approximate surface area is 102 Å².